The molecule has 0 bridgehead atoms. The molecule has 0 amide bonds. The first kappa shape index (κ1) is 12.4. The normalized spacial score (nSPS) is 12.9. The van der Waals surface area contributed by atoms with Crippen LogP contribution in [0, 0.1) is 6.92 Å². The molecule has 100 valence electrons. The molecule has 3 rings (SSSR count). The molecule has 0 heterocycles. The number of hydrogen-bond donors (Lipinski definition) is 1. The van der Waals surface area contributed by atoms with Crippen LogP contribution in [-0.2, 0) is 0 Å². The SMILES string of the molecule is COc1cc(O)c2c(c1)C(=O)c1ccc(C)cc1C2=O. The maximum Gasteiger partial charge on any atom is 0.198 e. The van der Waals surface area contributed by atoms with Gasteiger partial charge in [-0.3, -0.25) is 9.59 Å². The first-order valence-corrected chi connectivity index (χ1v) is 6.14. The lowest BCUT2D eigenvalue weighted by Crippen LogP contribution is -2.21. The van der Waals surface area contributed by atoms with E-state index in [1.54, 1.807) is 18.2 Å². The predicted molar refractivity (Wildman–Crippen MR) is 72.7 cm³/mol. The number of fused-ring (bicyclic) bond motifs is 2. The third kappa shape index (κ3) is 1.61. The van der Waals surface area contributed by atoms with E-state index >= 15 is 0 Å². The molecule has 0 saturated carbocycles. The van der Waals surface area contributed by atoms with Crippen LogP contribution < -0.4 is 4.74 Å². The lowest BCUT2D eigenvalue weighted by Gasteiger charge is -2.19. The van der Waals surface area contributed by atoms with Crippen LogP contribution in [0.15, 0.2) is 30.3 Å². The number of ketones is 2. The molecule has 2 aromatic carbocycles. The second-order valence-electron chi connectivity index (χ2n) is 4.78. The largest absolute Gasteiger partial charge is 0.507 e. The molecule has 4 heteroatoms. The summed E-state index contributed by atoms with van der Waals surface area (Å²) in [5.74, 6) is -0.495. The van der Waals surface area contributed by atoms with Gasteiger partial charge in [-0.15, -0.1) is 0 Å². The Kier molecular flexibility index (Phi) is 2.61. The Morgan fingerprint density at radius 2 is 1.70 bits per heavy atom. The summed E-state index contributed by atoms with van der Waals surface area (Å²) in [5, 5.41) is 10.00. The fourth-order valence-electron chi connectivity index (χ4n) is 2.46. The van der Waals surface area contributed by atoms with E-state index in [0.717, 1.165) is 5.56 Å². The summed E-state index contributed by atoms with van der Waals surface area (Å²) in [4.78, 5) is 24.9. The summed E-state index contributed by atoms with van der Waals surface area (Å²) >= 11 is 0. The summed E-state index contributed by atoms with van der Waals surface area (Å²) in [7, 11) is 1.44. The van der Waals surface area contributed by atoms with Crippen LogP contribution in [0.4, 0.5) is 0 Å². The van der Waals surface area contributed by atoms with E-state index in [-0.39, 0.29) is 28.4 Å². The summed E-state index contributed by atoms with van der Waals surface area (Å²) in [6, 6.07) is 7.92. The molecule has 20 heavy (non-hydrogen) atoms. The van der Waals surface area contributed by atoms with Crippen LogP contribution in [0.1, 0.15) is 37.4 Å². The van der Waals surface area contributed by atoms with Crippen molar-refractivity contribution in [2.45, 2.75) is 6.92 Å². The minimum atomic E-state index is -0.335. The molecule has 0 aromatic heterocycles. The molecule has 2 aromatic rings. The quantitative estimate of drug-likeness (QED) is 0.736. The van der Waals surface area contributed by atoms with Crippen molar-refractivity contribution in [3.05, 3.63) is 58.1 Å². The van der Waals surface area contributed by atoms with Crippen molar-refractivity contribution in [1.82, 2.24) is 0 Å². The van der Waals surface area contributed by atoms with Crippen LogP contribution in [0.5, 0.6) is 11.5 Å². The Labute approximate surface area is 115 Å². The van der Waals surface area contributed by atoms with E-state index in [1.165, 1.54) is 19.2 Å². The third-order valence-corrected chi connectivity index (χ3v) is 3.46. The fourth-order valence-corrected chi connectivity index (χ4v) is 2.46. The second kappa shape index (κ2) is 4.20. The second-order valence-corrected chi connectivity index (χ2v) is 4.78. The minimum absolute atomic E-state index is 0.0499. The Hall–Kier alpha value is -2.62. The monoisotopic (exact) mass is 268 g/mol. The van der Waals surface area contributed by atoms with Crippen LogP contribution >= 0.6 is 0 Å². The van der Waals surface area contributed by atoms with Crippen molar-refractivity contribution < 1.29 is 19.4 Å². The van der Waals surface area contributed by atoms with E-state index in [2.05, 4.69) is 0 Å². The van der Waals surface area contributed by atoms with Gasteiger partial charge in [0.05, 0.1) is 12.7 Å². The highest BCUT2D eigenvalue weighted by molar-refractivity contribution is 6.29. The summed E-state index contributed by atoms with van der Waals surface area (Å²) in [6.45, 7) is 1.85. The summed E-state index contributed by atoms with van der Waals surface area (Å²) in [5.41, 5.74) is 1.82. The number of hydrogen-bond acceptors (Lipinski definition) is 4. The van der Waals surface area contributed by atoms with Crippen molar-refractivity contribution in [3.63, 3.8) is 0 Å². The van der Waals surface area contributed by atoms with Gasteiger partial charge in [-0.25, -0.2) is 0 Å². The van der Waals surface area contributed by atoms with Gasteiger partial charge in [0.2, 0.25) is 0 Å². The molecule has 1 aliphatic carbocycles. The highest BCUT2D eigenvalue weighted by Gasteiger charge is 2.32. The van der Waals surface area contributed by atoms with Gasteiger partial charge in [0, 0.05) is 22.8 Å². The maximum absolute atomic E-state index is 12.5. The van der Waals surface area contributed by atoms with Gasteiger partial charge >= 0.3 is 0 Å². The zero-order valence-corrected chi connectivity index (χ0v) is 11.1. The molecule has 0 unspecified atom stereocenters. The molecule has 0 spiro atoms. The van der Waals surface area contributed by atoms with E-state index in [0.29, 0.717) is 16.9 Å². The number of ether oxygens (including phenoxy) is 1. The number of rotatable bonds is 1. The summed E-state index contributed by atoms with van der Waals surface area (Å²) < 4.78 is 5.03. The molecular formula is C16H12O4. The molecule has 0 radical (unpaired) electrons. The van der Waals surface area contributed by atoms with Gasteiger partial charge in [0.1, 0.15) is 11.5 Å². The maximum atomic E-state index is 12.5. The molecule has 0 aliphatic heterocycles. The Balaban J connectivity index is 2.32. The van der Waals surface area contributed by atoms with Crippen molar-refractivity contribution in [2.75, 3.05) is 7.11 Å². The van der Waals surface area contributed by atoms with E-state index in [9.17, 15) is 14.7 Å². The van der Waals surface area contributed by atoms with Crippen LogP contribution in [-0.4, -0.2) is 23.8 Å². The lowest BCUT2D eigenvalue weighted by molar-refractivity contribution is 0.0976. The van der Waals surface area contributed by atoms with Gasteiger partial charge in [-0.2, -0.15) is 0 Å². The molecule has 0 fully saturated rings. The zero-order chi connectivity index (χ0) is 14.4. The molecule has 1 aliphatic rings. The Bertz CT molecular complexity index is 759. The van der Waals surface area contributed by atoms with Gasteiger partial charge in [-0.05, 0) is 19.1 Å². The van der Waals surface area contributed by atoms with Crippen molar-refractivity contribution in [1.29, 1.82) is 0 Å². The van der Waals surface area contributed by atoms with Crippen molar-refractivity contribution >= 4 is 11.6 Å². The fraction of sp³-hybridized carbons (Fsp3) is 0.125. The average Bonchev–Trinajstić information content (AvgIpc) is 2.43. The highest BCUT2D eigenvalue weighted by Crippen LogP contribution is 2.36. The van der Waals surface area contributed by atoms with E-state index in [1.807, 2.05) is 6.92 Å². The first-order chi connectivity index (χ1) is 9.52. The van der Waals surface area contributed by atoms with Crippen LogP contribution in [0.3, 0.4) is 0 Å². The first-order valence-electron chi connectivity index (χ1n) is 6.14. The van der Waals surface area contributed by atoms with E-state index < -0.39 is 0 Å². The average molecular weight is 268 g/mol. The number of aromatic hydroxyl groups is 1. The smallest absolute Gasteiger partial charge is 0.198 e. The third-order valence-electron chi connectivity index (χ3n) is 3.46. The van der Waals surface area contributed by atoms with Gasteiger partial charge in [-0.1, -0.05) is 17.7 Å². The van der Waals surface area contributed by atoms with Gasteiger partial charge < -0.3 is 9.84 Å². The predicted octanol–water partition coefficient (Wildman–Crippen LogP) is 2.48. The molecular weight excluding hydrogens is 256 g/mol. The summed E-state index contributed by atoms with van der Waals surface area (Å²) in [6.07, 6.45) is 0. The molecule has 1 N–H and O–H groups in total. The highest BCUT2D eigenvalue weighted by atomic mass is 16.5. The number of phenolic OH excluding ortho intramolecular Hbond substituents is 1. The standard InChI is InChI=1S/C16H12O4/c1-8-3-4-10-11(5-8)16(19)14-12(15(10)18)6-9(20-2)7-13(14)17/h3-7,17H,1-2H3. The minimum Gasteiger partial charge on any atom is -0.507 e. The topological polar surface area (TPSA) is 63.6 Å². The Morgan fingerprint density at radius 3 is 2.40 bits per heavy atom. The molecule has 4 nitrogen and oxygen atoms in total. The number of carbonyl (C=O) groups is 2. The van der Waals surface area contributed by atoms with Crippen molar-refractivity contribution in [2.24, 2.45) is 0 Å². The number of aryl methyl sites for hydroxylation is 1. The Morgan fingerprint density at radius 1 is 0.950 bits per heavy atom. The van der Waals surface area contributed by atoms with Crippen LogP contribution in [0.2, 0.25) is 0 Å². The van der Waals surface area contributed by atoms with Crippen LogP contribution in [0.25, 0.3) is 0 Å². The molecule has 0 saturated heterocycles. The lowest BCUT2D eigenvalue weighted by atomic mass is 9.83. The van der Waals surface area contributed by atoms with E-state index in [4.69, 9.17) is 4.74 Å². The zero-order valence-electron chi connectivity index (χ0n) is 11.1. The van der Waals surface area contributed by atoms with Gasteiger partial charge in [0.15, 0.2) is 11.6 Å². The van der Waals surface area contributed by atoms with Gasteiger partial charge in [0.25, 0.3) is 0 Å². The molecule has 0 atom stereocenters. The number of carbonyl (C=O) groups excluding carboxylic acids is 2. The number of benzene rings is 2. The number of methoxy groups -OCH3 is 1. The van der Waals surface area contributed by atoms with Crippen molar-refractivity contribution in [3.8, 4) is 11.5 Å². The number of phenols is 1.